The third kappa shape index (κ3) is 3.37. The highest BCUT2D eigenvalue weighted by atomic mass is 32.1. The standard InChI is InChI=1S/C13H15N3OS/c1-16-8-6-11(15-16)5-7-14-13(17)10-3-2-4-12(18)9-10/h2-4,6,8-9,18H,5,7H2,1H3,(H,14,17). The first kappa shape index (κ1) is 12.7. The van der Waals surface area contributed by atoms with Gasteiger partial charge in [-0.15, -0.1) is 12.6 Å². The van der Waals surface area contributed by atoms with Crippen LogP contribution in [0.5, 0.6) is 0 Å². The molecule has 0 spiro atoms. The molecule has 0 aliphatic carbocycles. The van der Waals surface area contributed by atoms with Gasteiger partial charge >= 0.3 is 0 Å². The summed E-state index contributed by atoms with van der Waals surface area (Å²) in [5.41, 5.74) is 1.60. The zero-order valence-electron chi connectivity index (χ0n) is 10.1. The Labute approximate surface area is 111 Å². The summed E-state index contributed by atoms with van der Waals surface area (Å²) in [6.07, 6.45) is 2.62. The van der Waals surface area contributed by atoms with Gasteiger partial charge in [-0.1, -0.05) is 6.07 Å². The van der Waals surface area contributed by atoms with Crippen molar-refractivity contribution in [1.82, 2.24) is 15.1 Å². The van der Waals surface area contributed by atoms with Crippen LogP contribution in [-0.2, 0) is 13.5 Å². The van der Waals surface area contributed by atoms with E-state index in [1.54, 1.807) is 16.8 Å². The lowest BCUT2D eigenvalue weighted by atomic mass is 10.2. The largest absolute Gasteiger partial charge is 0.352 e. The fourth-order valence-electron chi connectivity index (χ4n) is 1.65. The van der Waals surface area contributed by atoms with E-state index in [4.69, 9.17) is 0 Å². The fourth-order valence-corrected chi connectivity index (χ4v) is 1.87. The summed E-state index contributed by atoms with van der Waals surface area (Å²) in [7, 11) is 1.88. The molecule has 1 heterocycles. The third-order valence-corrected chi connectivity index (χ3v) is 2.82. The number of nitrogens with one attached hydrogen (secondary N) is 1. The Kier molecular flexibility index (Phi) is 4.04. The molecule has 1 amide bonds. The number of carbonyl (C=O) groups excluding carboxylic acids is 1. The zero-order valence-corrected chi connectivity index (χ0v) is 11.0. The first-order chi connectivity index (χ1) is 8.65. The Morgan fingerprint density at radius 1 is 1.44 bits per heavy atom. The molecular formula is C13H15N3OS. The highest BCUT2D eigenvalue weighted by molar-refractivity contribution is 7.80. The Balaban J connectivity index is 1.85. The molecule has 2 rings (SSSR count). The normalized spacial score (nSPS) is 10.3. The number of rotatable bonds is 4. The van der Waals surface area contributed by atoms with Gasteiger partial charge in [0.15, 0.2) is 0 Å². The van der Waals surface area contributed by atoms with Gasteiger partial charge < -0.3 is 5.32 Å². The lowest BCUT2D eigenvalue weighted by Crippen LogP contribution is -2.25. The predicted molar refractivity (Wildman–Crippen MR) is 72.9 cm³/mol. The van der Waals surface area contributed by atoms with Gasteiger partial charge in [0.05, 0.1) is 5.69 Å². The SMILES string of the molecule is Cn1ccc(CCNC(=O)c2cccc(S)c2)n1. The molecule has 1 aromatic heterocycles. The number of amides is 1. The average Bonchev–Trinajstić information content (AvgIpc) is 2.75. The van der Waals surface area contributed by atoms with Gasteiger partial charge in [0, 0.05) is 36.7 Å². The number of carbonyl (C=O) groups is 1. The van der Waals surface area contributed by atoms with E-state index in [2.05, 4.69) is 23.0 Å². The molecule has 0 aliphatic rings. The summed E-state index contributed by atoms with van der Waals surface area (Å²) in [4.78, 5) is 12.6. The van der Waals surface area contributed by atoms with Crippen LogP contribution in [0, 0.1) is 0 Å². The minimum atomic E-state index is -0.0816. The molecule has 0 aliphatic heterocycles. The molecule has 94 valence electrons. The Hall–Kier alpha value is -1.75. The van der Waals surface area contributed by atoms with Gasteiger partial charge in [-0.05, 0) is 24.3 Å². The van der Waals surface area contributed by atoms with Crippen molar-refractivity contribution < 1.29 is 4.79 Å². The molecule has 0 radical (unpaired) electrons. The van der Waals surface area contributed by atoms with Crippen LogP contribution in [0.1, 0.15) is 16.1 Å². The van der Waals surface area contributed by atoms with Crippen molar-refractivity contribution in [2.24, 2.45) is 7.05 Å². The van der Waals surface area contributed by atoms with Gasteiger partial charge in [0.1, 0.15) is 0 Å². The van der Waals surface area contributed by atoms with E-state index in [-0.39, 0.29) is 5.91 Å². The van der Waals surface area contributed by atoms with Crippen molar-refractivity contribution in [3.63, 3.8) is 0 Å². The molecule has 2 aromatic rings. The van der Waals surface area contributed by atoms with E-state index in [9.17, 15) is 4.79 Å². The quantitative estimate of drug-likeness (QED) is 0.823. The van der Waals surface area contributed by atoms with Crippen LogP contribution in [-0.4, -0.2) is 22.2 Å². The van der Waals surface area contributed by atoms with Gasteiger partial charge in [-0.25, -0.2) is 0 Å². The Morgan fingerprint density at radius 2 is 2.28 bits per heavy atom. The summed E-state index contributed by atoms with van der Waals surface area (Å²) in [5, 5.41) is 7.11. The van der Waals surface area contributed by atoms with E-state index in [0.717, 1.165) is 17.0 Å². The molecular weight excluding hydrogens is 246 g/mol. The van der Waals surface area contributed by atoms with Crippen LogP contribution in [0.15, 0.2) is 41.4 Å². The molecule has 0 atom stereocenters. The predicted octanol–water partition coefficient (Wildman–Crippen LogP) is 1.68. The second-order valence-electron chi connectivity index (χ2n) is 4.04. The lowest BCUT2D eigenvalue weighted by Gasteiger charge is -2.04. The first-order valence-electron chi connectivity index (χ1n) is 5.71. The fraction of sp³-hybridized carbons (Fsp3) is 0.231. The van der Waals surface area contributed by atoms with Crippen molar-refractivity contribution in [1.29, 1.82) is 0 Å². The Bertz CT molecular complexity index is 551. The smallest absolute Gasteiger partial charge is 0.251 e. The minimum absolute atomic E-state index is 0.0816. The molecule has 0 fully saturated rings. The van der Waals surface area contributed by atoms with Crippen molar-refractivity contribution in [3.05, 3.63) is 47.8 Å². The van der Waals surface area contributed by atoms with E-state index >= 15 is 0 Å². The number of thiol groups is 1. The van der Waals surface area contributed by atoms with Crippen LogP contribution in [0.2, 0.25) is 0 Å². The van der Waals surface area contributed by atoms with Crippen LogP contribution in [0.4, 0.5) is 0 Å². The second-order valence-corrected chi connectivity index (χ2v) is 4.55. The molecule has 5 heteroatoms. The maximum Gasteiger partial charge on any atom is 0.251 e. The van der Waals surface area contributed by atoms with Crippen molar-refractivity contribution in [2.45, 2.75) is 11.3 Å². The zero-order chi connectivity index (χ0) is 13.0. The summed E-state index contributed by atoms with van der Waals surface area (Å²) in [6.45, 7) is 0.576. The van der Waals surface area contributed by atoms with E-state index in [1.807, 2.05) is 31.4 Å². The highest BCUT2D eigenvalue weighted by Gasteiger charge is 2.05. The average molecular weight is 261 g/mol. The van der Waals surface area contributed by atoms with Gasteiger partial charge in [-0.2, -0.15) is 5.10 Å². The van der Waals surface area contributed by atoms with Crippen LogP contribution in [0.25, 0.3) is 0 Å². The minimum Gasteiger partial charge on any atom is -0.352 e. The monoisotopic (exact) mass is 261 g/mol. The van der Waals surface area contributed by atoms with E-state index < -0.39 is 0 Å². The van der Waals surface area contributed by atoms with E-state index in [1.165, 1.54) is 0 Å². The van der Waals surface area contributed by atoms with Gasteiger partial charge in [0.2, 0.25) is 0 Å². The molecule has 0 bridgehead atoms. The van der Waals surface area contributed by atoms with Crippen molar-refractivity contribution in [3.8, 4) is 0 Å². The summed E-state index contributed by atoms with van der Waals surface area (Å²) in [6, 6.07) is 9.12. The topological polar surface area (TPSA) is 46.9 Å². The number of hydrogen-bond donors (Lipinski definition) is 2. The number of nitrogens with zero attached hydrogens (tertiary/aromatic N) is 2. The molecule has 1 N–H and O–H groups in total. The number of aryl methyl sites for hydroxylation is 1. The molecule has 4 nitrogen and oxygen atoms in total. The highest BCUT2D eigenvalue weighted by Crippen LogP contribution is 2.08. The molecule has 0 unspecified atom stereocenters. The van der Waals surface area contributed by atoms with Crippen LogP contribution < -0.4 is 5.32 Å². The van der Waals surface area contributed by atoms with Gasteiger partial charge in [-0.3, -0.25) is 9.48 Å². The lowest BCUT2D eigenvalue weighted by molar-refractivity contribution is 0.0954. The first-order valence-corrected chi connectivity index (χ1v) is 6.15. The van der Waals surface area contributed by atoms with Crippen molar-refractivity contribution in [2.75, 3.05) is 6.54 Å². The summed E-state index contributed by atoms with van der Waals surface area (Å²) >= 11 is 4.21. The number of hydrogen-bond acceptors (Lipinski definition) is 3. The third-order valence-electron chi connectivity index (χ3n) is 2.54. The van der Waals surface area contributed by atoms with E-state index in [0.29, 0.717) is 12.1 Å². The Morgan fingerprint density at radius 3 is 2.94 bits per heavy atom. The maximum atomic E-state index is 11.8. The van der Waals surface area contributed by atoms with Gasteiger partial charge in [0.25, 0.3) is 5.91 Å². The van der Waals surface area contributed by atoms with Crippen LogP contribution >= 0.6 is 12.6 Å². The summed E-state index contributed by atoms with van der Waals surface area (Å²) < 4.78 is 1.75. The molecule has 0 saturated heterocycles. The second kappa shape index (κ2) is 5.73. The number of benzene rings is 1. The molecule has 18 heavy (non-hydrogen) atoms. The van der Waals surface area contributed by atoms with Crippen LogP contribution in [0.3, 0.4) is 0 Å². The van der Waals surface area contributed by atoms with Crippen molar-refractivity contribution >= 4 is 18.5 Å². The molecule has 0 saturated carbocycles. The molecule has 1 aromatic carbocycles. The summed E-state index contributed by atoms with van der Waals surface area (Å²) in [5.74, 6) is -0.0816. The number of aromatic nitrogens is 2. The maximum absolute atomic E-state index is 11.8.